The first kappa shape index (κ1) is 18.4. The third-order valence-corrected chi connectivity index (χ3v) is 3.73. The first-order chi connectivity index (χ1) is 12.4. The molecule has 0 bridgehead atoms. The number of aromatic carboxylic acids is 1. The molecule has 0 unspecified atom stereocenters. The van der Waals surface area contributed by atoms with E-state index >= 15 is 0 Å². The van der Waals surface area contributed by atoms with Crippen LogP contribution < -0.4 is 11.2 Å². The van der Waals surface area contributed by atoms with Crippen LogP contribution in [0.1, 0.15) is 16.2 Å². The van der Waals surface area contributed by atoms with Gasteiger partial charge in [-0.3, -0.25) is 9.36 Å². The third-order valence-electron chi connectivity index (χ3n) is 3.73. The number of carboxylic acid groups (broad SMARTS) is 1. The highest BCUT2D eigenvalue weighted by molar-refractivity contribution is 5.95. The number of benzene rings is 1. The van der Waals surface area contributed by atoms with Gasteiger partial charge in [0, 0.05) is 25.2 Å². The average Bonchev–Trinajstić information content (AvgIpc) is 2.98. The minimum atomic E-state index is -5.03. The Kier molecular flexibility index (Phi) is 3.94. The Morgan fingerprint density at radius 3 is 2.30 bits per heavy atom. The second-order valence-electron chi connectivity index (χ2n) is 5.39. The Labute approximate surface area is 144 Å². The monoisotopic (exact) mass is 390 g/mol. The molecule has 0 aliphatic heterocycles. The van der Waals surface area contributed by atoms with E-state index in [0.717, 1.165) is 0 Å². The van der Waals surface area contributed by atoms with Crippen LogP contribution in [0.3, 0.4) is 0 Å². The highest BCUT2D eigenvalue weighted by Gasteiger charge is 2.35. The number of carboxylic acids is 1. The van der Waals surface area contributed by atoms with Crippen molar-refractivity contribution in [2.45, 2.75) is 6.18 Å². The second-order valence-corrected chi connectivity index (χ2v) is 5.39. The molecular formula is C15H7F5N2O5. The molecule has 12 heteroatoms. The van der Waals surface area contributed by atoms with Crippen LogP contribution in [0.25, 0.3) is 16.7 Å². The van der Waals surface area contributed by atoms with E-state index in [4.69, 9.17) is 9.52 Å². The van der Waals surface area contributed by atoms with E-state index in [1.165, 1.54) is 0 Å². The molecule has 0 aliphatic carbocycles. The highest BCUT2D eigenvalue weighted by atomic mass is 19.4. The van der Waals surface area contributed by atoms with Crippen molar-refractivity contribution >= 4 is 16.9 Å². The molecule has 0 saturated heterocycles. The summed E-state index contributed by atoms with van der Waals surface area (Å²) in [5.41, 5.74) is -6.40. The minimum Gasteiger partial charge on any atom is -0.475 e. The molecule has 0 spiro atoms. The van der Waals surface area contributed by atoms with Crippen LogP contribution in [-0.4, -0.2) is 20.2 Å². The molecule has 2 heterocycles. The summed E-state index contributed by atoms with van der Waals surface area (Å²) in [6.45, 7) is 0. The van der Waals surface area contributed by atoms with Crippen LogP contribution >= 0.6 is 0 Å². The fourth-order valence-corrected chi connectivity index (χ4v) is 2.55. The SMILES string of the molecule is Cn1c(C(F)(F)F)cc(=O)n(-c2c(F)cc(F)c3oc(C(=O)O)cc23)c1=O. The topological polar surface area (TPSA) is 94.4 Å². The maximum absolute atomic E-state index is 14.3. The first-order valence-electron chi connectivity index (χ1n) is 6.99. The van der Waals surface area contributed by atoms with Crippen molar-refractivity contribution in [3.63, 3.8) is 0 Å². The van der Waals surface area contributed by atoms with Crippen LogP contribution in [0.2, 0.25) is 0 Å². The normalized spacial score (nSPS) is 11.9. The van der Waals surface area contributed by atoms with Gasteiger partial charge >= 0.3 is 17.8 Å². The molecule has 0 atom stereocenters. The molecule has 7 nitrogen and oxygen atoms in total. The van der Waals surface area contributed by atoms with Crippen molar-refractivity contribution < 1.29 is 36.3 Å². The molecule has 3 aromatic rings. The van der Waals surface area contributed by atoms with Crippen molar-refractivity contribution in [2.75, 3.05) is 0 Å². The van der Waals surface area contributed by atoms with Gasteiger partial charge in [0.25, 0.3) is 5.56 Å². The zero-order valence-corrected chi connectivity index (χ0v) is 13.1. The van der Waals surface area contributed by atoms with Crippen LogP contribution in [0.5, 0.6) is 0 Å². The minimum absolute atomic E-state index is 0.0352. The van der Waals surface area contributed by atoms with Crippen molar-refractivity contribution in [1.29, 1.82) is 0 Å². The lowest BCUT2D eigenvalue weighted by atomic mass is 10.2. The fraction of sp³-hybridized carbons (Fsp3) is 0.133. The maximum atomic E-state index is 14.3. The van der Waals surface area contributed by atoms with Gasteiger partial charge in [0.05, 0.1) is 5.39 Å². The molecule has 3 rings (SSSR count). The fourth-order valence-electron chi connectivity index (χ4n) is 2.55. The Hall–Kier alpha value is -3.44. The van der Waals surface area contributed by atoms with Crippen molar-refractivity contribution in [3.8, 4) is 5.69 Å². The van der Waals surface area contributed by atoms with Crippen LogP contribution in [0, 0.1) is 11.6 Å². The van der Waals surface area contributed by atoms with Gasteiger partial charge in [-0.15, -0.1) is 0 Å². The number of carbonyl (C=O) groups is 1. The van der Waals surface area contributed by atoms with Crippen molar-refractivity contribution in [1.82, 2.24) is 9.13 Å². The van der Waals surface area contributed by atoms with Gasteiger partial charge in [0.2, 0.25) is 5.76 Å². The quantitative estimate of drug-likeness (QED) is 0.678. The van der Waals surface area contributed by atoms with E-state index in [1.807, 2.05) is 0 Å². The summed E-state index contributed by atoms with van der Waals surface area (Å²) < 4.78 is 71.8. The van der Waals surface area contributed by atoms with Crippen LogP contribution in [0.15, 0.2) is 32.2 Å². The maximum Gasteiger partial charge on any atom is 0.431 e. The number of hydrogen-bond acceptors (Lipinski definition) is 4. The smallest absolute Gasteiger partial charge is 0.431 e. The number of aromatic nitrogens is 2. The molecule has 1 aromatic carbocycles. The van der Waals surface area contributed by atoms with Gasteiger partial charge in [0.1, 0.15) is 11.4 Å². The van der Waals surface area contributed by atoms with Gasteiger partial charge in [-0.1, -0.05) is 0 Å². The Morgan fingerprint density at radius 1 is 1.11 bits per heavy atom. The van der Waals surface area contributed by atoms with Gasteiger partial charge in [0.15, 0.2) is 17.2 Å². The summed E-state index contributed by atoms with van der Waals surface area (Å²) in [6.07, 6.45) is -5.03. The summed E-state index contributed by atoms with van der Waals surface area (Å²) in [5, 5.41) is 8.31. The lowest BCUT2D eigenvalue weighted by molar-refractivity contribution is -0.144. The van der Waals surface area contributed by atoms with Gasteiger partial charge in [-0.05, 0) is 0 Å². The summed E-state index contributed by atoms with van der Waals surface area (Å²) in [4.78, 5) is 35.4. The zero-order valence-electron chi connectivity index (χ0n) is 13.1. The lowest BCUT2D eigenvalue weighted by Crippen LogP contribution is -2.41. The molecular weight excluding hydrogens is 383 g/mol. The largest absolute Gasteiger partial charge is 0.475 e. The number of halogens is 5. The van der Waals surface area contributed by atoms with E-state index in [2.05, 4.69) is 0 Å². The second kappa shape index (κ2) is 5.79. The standard InChI is InChI=1S/C15H7F5N2O5/c1-21-9(15(18,19)20)4-10(23)22(14(21)26)11-5-2-8(13(24)25)27-12(5)7(17)3-6(11)16/h2-4H,1H3,(H,24,25). The molecule has 0 radical (unpaired) electrons. The predicted octanol–water partition coefficient (Wildman–Crippen LogP) is 2.28. The zero-order chi connectivity index (χ0) is 20.3. The van der Waals surface area contributed by atoms with Crippen LogP contribution in [-0.2, 0) is 13.2 Å². The Balaban J connectivity index is 2.47. The first-order valence-corrected chi connectivity index (χ1v) is 6.99. The Bertz CT molecular complexity index is 1220. The van der Waals surface area contributed by atoms with E-state index in [9.17, 15) is 36.3 Å². The molecule has 0 aliphatic rings. The predicted molar refractivity (Wildman–Crippen MR) is 78.9 cm³/mol. The average molecular weight is 390 g/mol. The van der Waals surface area contributed by atoms with Crippen molar-refractivity contribution in [2.24, 2.45) is 7.05 Å². The number of fused-ring (bicyclic) bond motifs is 1. The van der Waals surface area contributed by atoms with E-state index in [0.29, 0.717) is 13.1 Å². The summed E-state index contributed by atoms with van der Waals surface area (Å²) in [7, 11) is 0.706. The molecule has 1 N–H and O–H groups in total. The lowest BCUT2D eigenvalue weighted by Gasteiger charge is -2.14. The van der Waals surface area contributed by atoms with Crippen LogP contribution in [0.4, 0.5) is 22.0 Å². The number of nitrogens with zero attached hydrogens (tertiary/aromatic N) is 2. The van der Waals surface area contributed by atoms with E-state index < -0.39 is 63.1 Å². The van der Waals surface area contributed by atoms with Gasteiger partial charge in [-0.2, -0.15) is 13.2 Å². The summed E-state index contributed by atoms with van der Waals surface area (Å²) in [6, 6.07) is 0.938. The van der Waals surface area contributed by atoms with Gasteiger partial charge in [-0.25, -0.2) is 22.9 Å². The molecule has 0 amide bonds. The van der Waals surface area contributed by atoms with Crippen molar-refractivity contribution in [3.05, 3.63) is 62.1 Å². The molecule has 27 heavy (non-hydrogen) atoms. The van der Waals surface area contributed by atoms with E-state index in [1.54, 1.807) is 0 Å². The number of hydrogen-bond donors (Lipinski definition) is 1. The summed E-state index contributed by atoms with van der Waals surface area (Å²) in [5.74, 6) is -5.27. The number of rotatable bonds is 2. The molecule has 2 aromatic heterocycles. The molecule has 142 valence electrons. The highest BCUT2D eigenvalue weighted by Crippen LogP contribution is 2.31. The third kappa shape index (κ3) is 2.78. The molecule has 0 saturated carbocycles. The van der Waals surface area contributed by atoms with Gasteiger partial charge < -0.3 is 9.52 Å². The number of furan rings is 1. The number of alkyl halides is 3. The van der Waals surface area contributed by atoms with E-state index in [-0.39, 0.29) is 21.3 Å². The Morgan fingerprint density at radius 2 is 1.74 bits per heavy atom. The molecule has 0 fully saturated rings. The summed E-state index contributed by atoms with van der Waals surface area (Å²) >= 11 is 0.